The molecule has 1 aliphatic heterocycles. The van der Waals surface area contributed by atoms with Crippen molar-refractivity contribution in [3.8, 4) is 22.1 Å². The van der Waals surface area contributed by atoms with Crippen molar-refractivity contribution in [2.45, 2.75) is 26.7 Å². The number of thiazole rings is 1. The standard InChI is InChI=1S/C25H27N3O4S/c1-15-8-7-9-18(25(30)28-12-5-6-13-28)21(15)27-23(29)22-16(2)26-24(33-22)17-10-11-19(31-3)20(14-17)32-4/h7-11,14H,5-6,12-13H2,1-4H3,(H,27,29). The van der Waals surface area contributed by atoms with Crippen LogP contribution in [0.5, 0.6) is 11.5 Å². The Labute approximate surface area is 197 Å². The highest BCUT2D eigenvalue weighted by molar-refractivity contribution is 7.17. The quantitative estimate of drug-likeness (QED) is 0.558. The molecule has 1 saturated heterocycles. The van der Waals surface area contributed by atoms with Crippen LogP contribution >= 0.6 is 11.3 Å². The summed E-state index contributed by atoms with van der Waals surface area (Å²) >= 11 is 1.30. The second-order valence-corrected chi connectivity index (χ2v) is 8.95. The second-order valence-electron chi connectivity index (χ2n) is 7.95. The van der Waals surface area contributed by atoms with E-state index in [-0.39, 0.29) is 11.8 Å². The minimum Gasteiger partial charge on any atom is -0.493 e. The predicted molar refractivity (Wildman–Crippen MR) is 130 cm³/mol. The van der Waals surface area contributed by atoms with E-state index in [1.807, 2.05) is 49.1 Å². The molecule has 0 unspecified atom stereocenters. The summed E-state index contributed by atoms with van der Waals surface area (Å²) in [6.07, 6.45) is 2.02. The first kappa shape index (κ1) is 22.8. The molecule has 1 fully saturated rings. The highest BCUT2D eigenvalue weighted by atomic mass is 32.1. The summed E-state index contributed by atoms with van der Waals surface area (Å²) in [4.78, 5) is 33.2. The number of benzene rings is 2. The molecule has 172 valence electrons. The molecule has 3 aromatic rings. The number of likely N-dealkylation sites (tertiary alicyclic amines) is 1. The molecule has 0 atom stereocenters. The van der Waals surface area contributed by atoms with Crippen LogP contribution in [0.2, 0.25) is 0 Å². The lowest BCUT2D eigenvalue weighted by atomic mass is 10.1. The molecule has 8 heteroatoms. The molecule has 0 spiro atoms. The highest BCUT2D eigenvalue weighted by Crippen LogP contribution is 2.35. The van der Waals surface area contributed by atoms with E-state index in [1.165, 1.54) is 11.3 Å². The van der Waals surface area contributed by atoms with E-state index in [0.717, 1.165) is 37.1 Å². The van der Waals surface area contributed by atoms with Crippen molar-refractivity contribution in [1.29, 1.82) is 0 Å². The van der Waals surface area contributed by atoms with E-state index < -0.39 is 0 Å². The Bertz CT molecular complexity index is 1200. The fourth-order valence-corrected chi connectivity index (χ4v) is 4.93. The minimum absolute atomic E-state index is 0.0430. The molecule has 2 heterocycles. The summed E-state index contributed by atoms with van der Waals surface area (Å²) < 4.78 is 10.7. The molecule has 7 nitrogen and oxygen atoms in total. The first-order valence-electron chi connectivity index (χ1n) is 10.8. The van der Waals surface area contributed by atoms with Crippen LogP contribution in [0.1, 0.15) is 44.1 Å². The number of amides is 2. The van der Waals surface area contributed by atoms with Gasteiger partial charge in [0.05, 0.1) is 31.2 Å². The van der Waals surface area contributed by atoms with Crippen molar-refractivity contribution in [1.82, 2.24) is 9.88 Å². The van der Waals surface area contributed by atoms with Crippen LogP contribution in [-0.2, 0) is 0 Å². The van der Waals surface area contributed by atoms with E-state index in [0.29, 0.717) is 38.3 Å². The van der Waals surface area contributed by atoms with Gasteiger partial charge in [-0.3, -0.25) is 9.59 Å². The molecule has 1 aliphatic rings. The molecular formula is C25H27N3O4S. The van der Waals surface area contributed by atoms with Crippen molar-refractivity contribution in [2.24, 2.45) is 0 Å². The lowest BCUT2D eigenvalue weighted by Gasteiger charge is -2.19. The maximum absolute atomic E-state index is 13.2. The van der Waals surface area contributed by atoms with E-state index >= 15 is 0 Å². The molecule has 0 bridgehead atoms. The number of hydrogen-bond acceptors (Lipinski definition) is 6. The zero-order valence-corrected chi connectivity index (χ0v) is 20.0. The summed E-state index contributed by atoms with van der Waals surface area (Å²) in [5.74, 6) is 0.904. The fraction of sp³-hybridized carbons (Fsp3) is 0.320. The number of rotatable bonds is 6. The van der Waals surface area contributed by atoms with Crippen LogP contribution < -0.4 is 14.8 Å². The van der Waals surface area contributed by atoms with Crippen molar-refractivity contribution < 1.29 is 19.1 Å². The predicted octanol–water partition coefficient (Wildman–Crippen LogP) is 4.93. The van der Waals surface area contributed by atoms with Gasteiger partial charge in [-0.1, -0.05) is 12.1 Å². The van der Waals surface area contributed by atoms with Gasteiger partial charge in [-0.05, 0) is 56.5 Å². The molecule has 33 heavy (non-hydrogen) atoms. The number of anilines is 1. The van der Waals surface area contributed by atoms with Gasteiger partial charge in [0.25, 0.3) is 11.8 Å². The van der Waals surface area contributed by atoms with Crippen LogP contribution in [0.15, 0.2) is 36.4 Å². The van der Waals surface area contributed by atoms with E-state index in [4.69, 9.17) is 9.47 Å². The maximum Gasteiger partial charge on any atom is 0.267 e. The number of methoxy groups -OCH3 is 2. The Hall–Kier alpha value is -3.39. The van der Waals surface area contributed by atoms with Gasteiger partial charge >= 0.3 is 0 Å². The summed E-state index contributed by atoms with van der Waals surface area (Å²) in [5, 5.41) is 3.69. The van der Waals surface area contributed by atoms with Crippen LogP contribution in [0, 0.1) is 13.8 Å². The Kier molecular flexibility index (Phi) is 6.65. The summed E-state index contributed by atoms with van der Waals surface area (Å²) in [6.45, 7) is 5.21. The van der Waals surface area contributed by atoms with Gasteiger partial charge in [0.15, 0.2) is 11.5 Å². The fourth-order valence-electron chi connectivity index (χ4n) is 3.97. The zero-order valence-electron chi connectivity index (χ0n) is 19.2. The lowest BCUT2D eigenvalue weighted by Crippen LogP contribution is -2.29. The highest BCUT2D eigenvalue weighted by Gasteiger charge is 2.25. The molecule has 0 saturated carbocycles. The molecule has 0 radical (unpaired) electrons. The maximum atomic E-state index is 13.2. The number of nitrogens with one attached hydrogen (secondary N) is 1. The lowest BCUT2D eigenvalue weighted by molar-refractivity contribution is 0.0793. The van der Waals surface area contributed by atoms with Crippen LogP contribution in [0.25, 0.3) is 10.6 Å². The van der Waals surface area contributed by atoms with Crippen molar-refractivity contribution in [2.75, 3.05) is 32.6 Å². The number of nitrogens with zero attached hydrogens (tertiary/aromatic N) is 2. The number of aryl methyl sites for hydroxylation is 2. The van der Waals surface area contributed by atoms with Gasteiger partial charge in [-0.25, -0.2) is 4.98 Å². The Morgan fingerprint density at radius 2 is 1.76 bits per heavy atom. The van der Waals surface area contributed by atoms with Gasteiger partial charge < -0.3 is 19.7 Å². The first-order valence-corrected chi connectivity index (χ1v) is 11.6. The average molecular weight is 466 g/mol. The molecule has 2 amide bonds. The number of carbonyl (C=O) groups excluding carboxylic acids is 2. The number of carbonyl (C=O) groups is 2. The molecule has 2 aromatic carbocycles. The van der Waals surface area contributed by atoms with Gasteiger partial charge in [-0.15, -0.1) is 11.3 Å². The van der Waals surface area contributed by atoms with Crippen molar-refractivity contribution in [3.05, 3.63) is 58.1 Å². The van der Waals surface area contributed by atoms with Gasteiger partial charge in [0.2, 0.25) is 0 Å². The number of hydrogen-bond donors (Lipinski definition) is 1. The largest absolute Gasteiger partial charge is 0.493 e. The Balaban J connectivity index is 1.62. The average Bonchev–Trinajstić information content (AvgIpc) is 3.49. The third-order valence-electron chi connectivity index (χ3n) is 5.77. The van der Waals surface area contributed by atoms with E-state index in [9.17, 15) is 9.59 Å². The Morgan fingerprint density at radius 3 is 2.45 bits per heavy atom. The number of ether oxygens (including phenoxy) is 2. The number of aromatic nitrogens is 1. The van der Waals surface area contributed by atoms with E-state index in [1.54, 1.807) is 20.3 Å². The molecule has 1 aromatic heterocycles. The third kappa shape index (κ3) is 4.57. The van der Waals surface area contributed by atoms with Crippen LogP contribution in [-0.4, -0.2) is 49.0 Å². The summed E-state index contributed by atoms with van der Waals surface area (Å²) in [6, 6.07) is 11.1. The molecule has 0 aliphatic carbocycles. The molecular weight excluding hydrogens is 438 g/mol. The SMILES string of the molecule is COc1ccc(-c2nc(C)c(C(=O)Nc3c(C)cccc3C(=O)N3CCCC3)s2)cc1OC. The van der Waals surface area contributed by atoms with Gasteiger partial charge in [0, 0.05) is 18.7 Å². The monoisotopic (exact) mass is 465 g/mol. The zero-order chi connectivity index (χ0) is 23.5. The second kappa shape index (κ2) is 9.62. The van der Waals surface area contributed by atoms with Crippen LogP contribution in [0.4, 0.5) is 5.69 Å². The normalized spacial score (nSPS) is 13.2. The van der Waals surface area contributed by atoms with Crippen molar-refractivity contribution >= 4 is 28.8 Å². The van der Waals surface area contributed by atoms with Gasteiger partial charge in [-0.2, -0.15) is 0 Å². The van der Waals surface area contributed by atoms with Crippen LogP contribution in [0.3, 0.4) is 0 Å². The smallest absolute Gasteiger partial charge is 0.267 e. The minimum atomic E-state index is -0.276. The first-order chi connectivity index (χ1) is 15.9. The topological polar surface area (TPSA) is 80.8 Å². The molecule has 4 rings (SSSR count). The van der Waals surface area contributed by atoms with E-state index in [2.05, 4.69) is 10.3 Å². The Morgan fingerprint density at radius 1 is 1.03 bits per heavy atom. The molecule has 1 N–H and O–H groups in total. The third-order valence-corrected chi connectivity index (χ3v) is 6.97. The summed E-state index contributed by atoms with van der Waals surface area (Å²) in [5.41, 5.74) is 3.38. The van der Waals surface area contributed by atoms with Crippen molar-refractivity contribution in [3.63, 3.8) is 0 Å². The number of para-hydroxylation sites is 1. The summed E-state index contributed by atoms with van der Waals surface area (Å²) in [7, 11) is 3.17. The van der Waals surface area contributed by atoms with Gasteiger partial charge in [0.1, 0.15) is 9.88 Å².